The van der Waals surface area contributed by atoms with Crippen molar-refractivity contribution < 1.29 is 18.8 Å². The molecule has 0 bridgehead atoms. The lowest BCUT2D eigenvalue weighted by Crippen LogP contribution is -2.52. The molecule has 7 heteroatoms. The van der Waals surface area contributed by atoms with Gasteiger partial charge in [0.05, 0.1) is 6.54 Å². The summed E-state index contributed by atoms with van der Waals surface area (Å²) in [6, 6.07) is 20.5. The fraction of sp³-hybridized carbons (Fsp3) is 0.222. The number of amides is 3. The van der Waals surface area contributed by atoms with Crippen molar-refractivity contribution in [3.63, 3.8) is 0 Å². The highest BCUT2D eigenvalue weighted by Gasteiger charge is 2.25. The standard InChI is InChI=1S/C27H26FN3O3/c1-19-6-2-3-7-22(19)27(34)31-16-14-30(15-17-31)25(32)18-29-26(33)21-12-10-20(11-13-21)23-8-4-5-9-24(23)28/h2-13H,14-18H2,1H3,(H,29,33). The molecule has 3 aromatic rings. The molecule has 0 radical (unpaired) electrons. The zero-order valence-electron chi connectivity index (χ0n) is 19.0. The van der Waals surface area contributed by atoms with Crippen molar-refractivity contribution in [2.45, 2.75) is 6.92 Å². The van der Waals surface area contributed by atoms with E-state index in [-0.39, 0.29) is 30.1 Å². The molecule has 1 fully saturated rings. The van der Waals surface area contributed by atoms with Crippen LogP contribution in [0.2, 0.25) is 0 Å². The molecule has 3 aromatic carbocycles. The number of rotatable bonds is 5. The van der Waals surface area contributed by atoms with E-state index in [1.165, 1.54) is 6.07 Å². The lowest BCUT2D eigenvalue weighted by molar-refractivity contribution is -0.131. The maximum absolute atomic E-state index is 14.0. The molecule has 0 aromatic heterocycles. The number of benzene rings is 3. The van der Waals surface area contributed by atoms with Gasteiger partial charge in [-0.1, -0.05) is 48.5 Å². The van der Waals surface area contributed by atoms with Gasteiger partial charge >= 0.3 is 0 Å². The second-order valence-electron chi connectivity index (χ2n) is 8.23. The molecule has 34 heavy (non-hydrogen) atoms. The molecule has 3 amide bonds. The third-order valence-electron chi connectivity index (χ3n) is 6.03. The monoisotopic (exact) mass is 459 g/mol. The first-order valence-electron chi connectivity index (χ1n) is 11.2. The molecule has 1 heterocycles. The molecule has 0 unspecified atom stereocenters. The van der Waals surface area contributed by atoms with Crippen LogP contribution in [0.5, 0.6) is 0 Å². The Morgan fingerprint density at radius 3 is 2.12 bits per heavy atom. The van der Waals surface area contributed by atoms with Gasteiger partial charge in [-0.2, -0.15) is 0 Å². The van der Waals surface area contributed by atoms with Crippen molar-refractivity contribution in [2.75, 3.05) is 32.7 Å². The first-order chi connectivity index (χ1) is 16.4. The molecule has 174 valence electrons. The lowest BCUT2D eigenvalue weighted by atomic mass is 10.0. The van der Waals surface area contributed by atoms with Crippen LogP contribution in [-0.4, -0.2) is 60.2 Å². The van der Waals surface area contributed by atoms with E-state index < -0.39 is 0 Å². The van der Waals surface area contributed by atoms with E-state index in [0.29, 0.717) is 48.4 Å². The number of hydrogen-bond donors (Lipinski definition) is 1. The zero-order valence-corrected chi connectivity index (χ0v) is 19.0. The molecule has 0 atom stereocenters. The SMILES string of the molecule is Cc1ccccc1C(=O)N1CCN(C(=O)CNC(=O)c2ccc(-c3ccccc3F)cc2)CC1. The van der Waals surface area contributed by atoms with Gasteiger partial charge in [-0.05, 0) is 42.3 Å². The largest absolute Gasteiger partial charge is 0.343 e. The highest BCUT2D eigenvalue weighted by Crippen LogP contribution is 2.22. The second kappa shape index (κ2) is 10.3. The Bertz CT molecular complexity index is 1200. The van der Waals surface area contributed by atoms with Crippen LogP contribution in [-0.2, 0) is 4.79 Å². The van der Waals surface area contributed by atoms with Crippen LogP contribution in [0.1, 0.15) is 26.3 Å². The van der Waals surface area contributed by atoms with Crippen molar-refractivity contribution in [3.8, 4) is 11.1 Å². The van der Waals surface area contributed by atoms with Gasteiger partial charge in [0.15, 0.2) is 0 Å². The first-order valence-corrected chi connectivity index (χ1v) is 11.2. The highest BCUT2D eigenvalue weighted by molar-refractivity contribution is 5.97. The van der Waals surface area contributed by atoms with E-state index >= 15 is 0 Å². The maximum Gasteiger partial charge on any atom is 0.254 e. The molecule has 0 saturated carbocycles. The van der Waals surface area contributed by atoms with Gasteiger partial charge < -0.3 is 15.1 Å². The Balaban J connectivity index is 1.27. The van der Waals surface area contributed by atoms with Crippen LogP contribution in [0.25, 0.3) is 11.1 Å². The van der Waals surface area contributed by atoms with Crippen molar-refractivity contribution in [3.05, 3.63) is 95.3 Å². The van der Waals surface area contributed by atoms with Crippen molar-refractivity contribution >= 4 is 17.7 Å². The minimum absolute atomic E-state index is 0.0302. The van der Waals surface area contributed by atoms with E-state index in [1.807, 2.05) is 31.2 Å². The summed E-state index contributed by atoms with van der Waals surface area (Å²) < 4.78 is 14.0. The van der Waals surface area contributed by atoms with Crippen LogP contribution < -0.4 is 5.32 Å². The summed E-state index contributed by atoms with van der Waals surface area (Å²) in [5, 5.41) is 2.65. The summed E-state index contributed by atoms with van der Waals surface area (Å²) in [5.41, 5.74) is 3.13. The summed E-state index contributed by atoms with van der Waals surface area (Å²) in [7, 11) is 0. The fourth-order valence-corrected chi connectivity index (χ4v) is 4.01. The Labute approximate surface area is 198 Å². The fourth-order valence-electron chi connectivity index (χ4n) is 4.01. The quantitative estimate of drug-likeness (QED) is 0.635. The minimum Gasteiger partial charge on any atom is -0.343 e. The van der Waals surface area contributed by atoms with Gasteiger partial charge in [0, 0.05) is 42.9 Å². The van der Waals surface area contributed by atoms with E-state index in [0.717, 1.165) is 5.56 Å². The summed E-state index contributed by atoms with van der Waals surface area (Å²) in [4.78, 5) is 41.2. The zero-order chi connectivity index (χ0) is 24.1. The summed E-state index contributed by atoms with van der Waals surface area (Å²) in [6.07, 6.45) is 0. The van der Waals surface area contributed by atoms with Gasteiger partial charge in [0.25, 0.3) is 11.8 Å². The van der Waals surface area contributed by atoms with Crippen LogP contribution >= 0.6 is 0 Å². The van der Waals surface area contributed by atoms with Gasteiger partial charge in [-0.3, -0.25) is 14.4 Å². The number of halogens is 1. The molecule has 1 N–H and O–H groups in total. The predicted molar refractivity (Wildman–Crippen MR) is 128 cm³/mol. The van der Waals surface area contributed by atoms with Gasteiger partial charge in [-0.25, -0.2) is 4.39 Å². The molecular formula is C27H26FN3O3. The molecule has 4 rings (SSSR count). The van der Waals surface area contributed by atoms with E-state index in [9.17, 15) is 18.8 Å². The van der Waals surface area contributed by atoms with Crippen LogP contribution in [0.15, 0.2) is 72.8 Å². The van der Waals surface area contributed by atoms with Crippen molar-refractivity contribution in [1.82, 2.24) is 15.1 Å². The van der Waals surface area contributed by atoms with E-state index in [2.05, 4.69) is 5.32 Å². The van der Waals surface area contributed by atoms with Crippen LogP contribution in [0.3, 0.4) is 0 Å². The average molecular weight is 460 g/mol. The Morgan fingerprint density at radius 2 is 1.44 bits per heavy atom. The molecule has 1 saturated heterocycles. The first kappa shape index (κ1) is 23.2. The Morgan fingerprint density at radius 1 is 0.824 bits per heavy atom. The number of hydrogen-bond acceptors (Lipinski definition) is 3. The normalized spacial score (nSPS) is 13.5. The lowest BCUT2D eigenvalue weighted by Gasteiger charge is -2.35. The minimum atomic E-state index is -0.373. The summed E-state index contributed by atoms with van der Waals surface area (Å²) in [5.74, 6) is -0.926. The maximum atomic E-state index is 14.0. The van der Waals surface area contributed by atoms with Crippen molar-refractivity contribution in [1.29, 1.82) is 0 Å². The number of aryl methyl sites for hydroxylation is 1. The molecule has 0 aliphatic carbocycles. The molecule has 0 spiro atoms. The van der Waals surface area contributed by atoms with Crippen molar-refractivity contribution in [2.24, 2.45) is 0 Å². The number of carbonyl (C=O) groups excluding carboxylic acids is 3. The number of carbonyl (C=O) groups is 3. The highest BCUT2D eigenvalue weighted by atomic mass is 19.1. The molecule has 1 aliphatic rings. The summed E-state index contributed by atoms with van der Waals surface area (Å²) >= 11 is 0. The number of piperazine rings is 1. The number of nitrogens with zero attached hydrogens (tertiary/aromatic N) is 2. The molecule has 6 nitrogen and oxygen atoms in total. The van der Waals surface area contributed by atoms with Crippen LogP contribution in [0.4, 0.5) is 4.39 Å². The third-order valence-corrected chi connectivity index (χ3v) is 6.03. The average Bonchev–Trinajstić information content (AvgIpc) is 2.87. The van der Waals surface area contributed by atoms with Gasteiger partial charge in [0.2, 0.25) is 5.91 Å². The third kappa shape index (κ3) is 5.14. The number of nitrogens with one attached hydrogen (secondary N) is 1. The van der Waals surface area contributed by atoms with Gasteiger partial charge in [-0.15, -0.1) is 0 Å². The van der Waals surface area contributed by atoms with E-state index in [1.54, 1.807) is 52.3 Å². The molecule has 1 aliphatic heterocycles. The Hall–Kier alpha value is -4.00. The summed E-state index contributed by atoms with van der Waals surface area (Å²) in [6.45, 7) is 3.52. The topological polar surface area (TPSA) is 69.7 Å². The second-order valence-corrected chi connectivity index (χ2v) is 8.23. The van der Waals surface area contributed by atoms with E-state index in [4.69, 9.17) is 0 Å². The predicted octanol–water partition coefficient (Wildman–Crippen LogP) is 3.52. The van der Waals surface area contributed by atoms with Crippen LogP contribution in [0, 0.1) is 12.7 Å². The Kier molecular flexibility index (Phi) is 7.01. The molecular weight excluding hydrogens is 433 g/mol. The smallest absolute Gasteiger partial charge is 0.254 e. The van der Waals surface area contributed by atoms with Gasteiger partial charge in [0.1, 0.15) is 5.82 Å².